The average molecular weight is 444 g/mol. The summed E-state index contributed by atoms with van der Waals surface area (Å²) in [5.74, 6) is -0.563. The fraction of sp³-hybridized carbons (Fsp3) is 0.333. The summed E-state index contributed by atoms with van der Waals surface area (Å²) < 4.78 is 89.4. The minimum atomic E-state index is -4.87. The number of aromatic nitrogens is 1. The van der Waals surface area contributed by atoms with Crippen molar-refractivity contribution in [3.05, 3.63) is 47.2 Å². The molecule has 0 fully saturated rings. The van der Waals surface area contributed by atoms with Crippen LogP contribution in [0, 0.1) is 0 Å². The number of aromatic hydroxyl groups is 1. The lowest BCUT2D eigenvalue weighted by Gasteiger charge is -2.18. The van der Waals surface area contributed by atoms with Gasteiger partial charge in [0.15, 0.2) is 5.88 Å². The maximum atomic E-state index is 13.9. The second-order valence-corrected chi connectivity index (χ2v) is 7.18. The van der Waals surface area contributed by atoms with Gasteiger partial charge in [-0.25, -0.2) is 0 Å². The Morgan fingerprint density at radius 1 is 1.03 bits per heavy atom. The van der Waals surface area contributed by atoms with Crippen LogP contribution in [-0.4, -0.2) is 22.8 Å². The number of nitrogens with one attached hydrogen (secondary N) is 1. The van der Waals surface area contributed by atoms with Gasteiger partial charge in [0.25, 0.3) is 0 Å². The summed E-state index contributed by atoms with van der Waals surface area (Å²) in [5, 5.41) is 13.1. The first-order valence-corrected chi connectivity index (χ1v) is 9.52. The molecule has 0 amide bonds. The van der Waals surface area contributed by atoms with E-state index in [2.05, 4.69) is 5.32 Å². The molecule has 0 unspecified atom stereocenters. The van der Waals surface area contributed by atoms with Crippen molar-refractivity contribution in [3.63, 3.8) is 0 Å². The summed E-state index contributed by atoms with van der Waals surface area (Å²) >= 11 is 0. The Balaban J connectivity index is 2.04. The first kappa shape index (κ1) is 21.4. The molecule has 3 aromatic rings. The molecule has 2 heterocycles. The van der Waals surface area contributed by atoms with E-state index in [1.807, 2.05) is 0 Å². The highest BCUT2D eigenvalue weighted by Crippen LogP contribution is 2.46. The summed E-state index contributed by atoms with van der Waals surface area (Å²) in [6.45, 7) is 2.64. The Morgan fingerprint density at radius 2 is 1.74 bits per heavy atom. The maximum absolute atomic E-state index is 13.9. The van der Waals surface area contributed by atoms with Crippen LogP contribution in [0.4, 0.5) is 26.3 Å². The molecule has 1 aromatic heterocycles. The van der Waals surface area contributed by atoms with Crippen LogP contribution in [-0.2, 0) is 25.4 Å². The third kappa shape index (κ3) is 3.69. The molecule has 4 nitrogen and oxygen atoms in total. The van der Waals surface area contributed by atoms with Gasteiger partial charge in [-0.3, -0.25) is 0 Å². The summed E-state index contributed by atoms with van der Waals surface area (Å²) in [4.78, 5) is 0. The van der Waals surface area contributed by atoms with Gasteiger partial charge in [0, 0.05) is 30.7 Å². The Morgan fingerprint density at radius 3 is 2.39 bits per heavy atom. The van der Waals surface area contributed by atoms with Crippen LogP contribution in [0.3, 0.4) is 0 Å². The fourth-order valence-corrected chi connectivity index (χ4v) is 3.99. The lowest BCUT2D eigenvalue weighted by Crippen LogP contribution is -2.27. The van der Waals surface area contributed by atoms with Gasteiger partial charge in [0.2, 0.25) is 0 Å². The Kier molecular flexibility index (Phi) is 5.07. The molecule has 0 radical (unpaired) electrons. The quantitative estimate of drug-likeness (QED) is 0.521. The van der Waals surface area contributed by atoms with Crippen LogP contribution in [0.2, 0.25) is 0 Å². The molecule has 2 N–H and O–H groups in total. The third-order valence-corrected chi connectivity index (χ3v) is 5.28. The molecule has 0 saturated heterocycles. The topological polar surface area (TPSA) is 46.4 Å². The molecule has 1 aliphatic rings. The van der Waals surface area contributed by atoms with E-state index in [0.717, 1.165) is 12.1 Å². The van der Waals surface area contributed by atoms with E-state index >= 15 is 0 Å². The molecule has 0 aliphatic carbocycles. The number of rotatable bonds is 3. The molecular formula is C21H18F6N2O2. The van der Waals surface area contributed by atoms with Crippen molar-refractivity contribution >= 4 is 10.8 Å². The number of alkyl halides is 6. The van der Waals surface area contributed by atoms with Crippen molar-refractivity contribution in [1.82, 2.24) is 9.88 Å². The minimum Gasteiger partial charge on any atom is -0.494 e. The van der Waals surface area contributed by atoms with Crippen molar-refractivity contribution in [2.75, 3.05) is 13.2 Å². The van der Waals surface area contributed by atoms with Crippen LogP contribution in [0.15, 0.2) is 30.3 Å². The molecule has 0 atom stereocenters. The van der Waals surface area contributed by atoms with Crippen LogP contribution < -0.4 is 10.1 Å². The Hall–Kier alpha value is -2.88. The number of ether oxygens (including phenoxy) is 1. The number of hydrogen-bond acceptors (Lipinski definition) is 3. The molecule has 10 heteroatoms. The van der Waals surface area contributed by atoms with E-state index in [-0.39, 0.29) is 36.4 Å². The van der Waals surface area contributed by atoms with E-state index in [1.165, 1.54) is 16.7 Å². The Labute approximate surface area is 173 Å². The van der Waals surface area contributed by atoms with Crippen molar-refractivity contribution in [2.24, 2.45) is 0 Å². The van der Waals surface area contributed by atoms with E-state index < -0.39 is 40.3 Å². The maximum Gasteiger partial charge on any atom is 0.417 e. The number of nitrogens with zero attached hydrogens (tertiary/aromatic N) is 1. The second-order valence-electron chi connectivity index (χ2n) is 7.18. The van der Waals surface area contributed by atoms with E-state index in [1.54, 1.807) is 6.92 Å². The highest BCUT2D eigenvalue weighted by Gasteiger charge is 2.38. The van der Waals surface area contributed by atoms with Crippen LogP contribution in [0.25, 0.3) is 21.9 Å². The van der Waals surface area contributed by atoms with E-state index in [4.69, 9.17) is 4.74 Å². The standard InChI is InChI=1S/C21H18F6N2O2/c1-2-31-12-3-4-13(15(9-12)20(22,23)24)11-7-14-17-10-28-5-6-29(17)19(30)18(14)16(8-11)21(25,26)27/h3-4,7-9,28,30H,2,5-6,10H2,1H3. The first-order valence-electron chi connectivity index (χ1n) is 9.52. The van der Waals surface area contributed by atoms with Gasteiger partial charge in [-0.2, -0.15) is 26.3 Å². The monoisotopic (exact) mass is 444 g/mol. The zero-order valence-corrected chi connectivity index (χ0v) is 16.3. The summed E-state index contributed by atoms with van der Waals surface area (Å²) in [5.41, 5.74) is -2.52. The molecule has 2 aromatic carbocycles. The number of hydrogen-bond donors (Lipinski definition) is 2. The van der Waals surface area contributed by atoms with Gasteiger partial charge in [-0.1, -0.05) is 6.07 Å². The van der Waals surface area contributed by atoms with Gasteiger partial charge >= 0.3 is 12.4 Å². The third-order valence-electron chi connectivity index (χ3n) is 5.28. The number of fused-ring (bicyclic) bond motifs is 3. The van der Waals surface area contributed by atoms with Crippen molar-refractivity contribution in [3.8, 4) is 22.8 Å². The highest BCUT2D eigenvalue weighted by atomic mass is 19.4. The van der Waals surface area contributed by atoms with Crippen molar-refractivity contribution < 1.29 is 36.2 Å². The van der Waals surface area contributed by atoms with E-state index in [0.29, 0.717) is 18.3 Å². The lowest BCUT2D eigenvalue weighted by atomic mass is 9.94. The SMILES string of the molecule is CCOc1ccc(-c2cc(C(F)(F)F)c3c(O)n4c(c3c2)CNCC4)c(C(F)(F)F)c1. The zero-order chi connectivity index (χ0) is 22.6. The molecule has 0 saturated carbocycles. The van der Waals surface area contributed by atoms with Gasteiger partial charge in [0.1, 0.15) is 5.75 Å². The van der Waals surface area contributed by atoms with Gasteiger partial charge < -0.3 is 19.7 Å². The lowest BCUT2D eigenvalue weighted by molar-refractivity contribution is -0.137. The zero-order valence-electron chi connectivity index (χ0n) is 16.3. The van der Waals surface area contributed by atoms with E-state index in [9.17, 15) is 31.4 Å². The molecule has 166 valence electrons. The predicted octanol–water partition coefficient (Wildman–Crippen LogP) is 5.55. The number of halogens is 6. The van der Waals surface area contributed by atoms with Crippen LogP contribution >= 0.6 is 0 Å². The molecule has 0 bridgehead atoms. The van der Waals surface area contributed by atoms with Gasteiger partial charge in [-0.05, 0) is 42.3 Å². The average Bonchev–Trinajstić information content (AvgIpc) is 2.99. The minimum absolute atomic E-state index is 0.0289. The summed E-state index contributed by atoms with van der Waals surface area (Å²) in [7, 11) is 0. The molecular weight excluding hydrogens is 426 g/mol. The smallest absolute Gasteiger partial charge is 0.417 e. The summed E-state index contributed by atoms with van der Waals surface area (Å²) in [6.07, 6.45) is -9.68. The Bertz CT molecular complexity index is 1150. The number of benzene rings is 2. The molecule has 31 heavy (non-hydrogen) atoms. The largest absolute Gasteiger partial charge is 0.494 e. The van der Waals surface area contributed by atoms with Gasteiger partial charge in [-0.15, -0.1) is 0 Å². The first-order chi connectivity index (χ1) is 14.5. The van der Waals surface area contributed by atoms with Crippen LogP contribution in [0.5, 0.6) is 11.6 Å². The molecule has 4 rings (SSSR count). The summed E-state index contributed by atoms with van der Waals surface area (Å²) in [6, 6.07) is 5.11. The van der Waals surface area contributed by atoms with Gasteiger partial charge in [0.05, 0.1) is 23.1 Å². The predicted molar refractivity (Wildman–Crippen MR) is 102 cm³/mol. The van der Waals surface area contributed by atoms with Crippen molar-refractivity contribution in [2.45, 2.75) is 32.4 Å². The van der Waals surface area contributed by atoms with Crippen LogP contribution in [0.1, 0.15) is 23.7 Å². The fourth-order valence-electron chi connectivity index (χ4n) is 3.99. The molecule has 1 aliphatic heterocycles. The second kappa shape index (κ2) is 7.37. The normalized spacial score (nSPS) is 14.7. The molecule has 0 spiro atoms. The van der Waals surface area contributed by atoms with Crippen molar-refractivity contribution in [1.29, 1.82) is 0 Å². The highest BCUT2D eigenvalue weighted by molar-refractivity contribution is 5.97.